The van der Waals surface area contributed by atoms with Gasteiger partial charge in [-0.1, -0.05) is 23.7 Å². The second-order valence-corrected chi connectivity index (χ2v) is 7.84. The Labute approximate surface area is 174 Å². The van der Waals surface area contributed by atoms with Gasteiger partial charge in [-0.15, -0.1) is 0 Å². The molecule has 2 heterocycles. The number of aromatic nitrogens is 1. The number of nitrogens with zero attached hydrogens (tertiary/aromatic N) is 1. The average molecular weight is 409 g/mol. The van der Waals surface area contributed by atoms with E-state index in [-0.39, 0.29) is 0 Å². The zero-order chi connectivity index (χ0) is 19.3. The molecule has 0 saturated carbocycles. The van der Waals surface area contributed by atoms with Gasteiger partial charge in [0.05, 0.1) is 18.3 Å². The van der Waals surface area contributed by atoms with Gasteiger partial charge in [-0.3, -0.25) is 0 Å². The van der Waals surface area contributed by atoms with Crippen molar-refractivity contribution in [2.75, 3.05) is 13.7 Å². The zero-order valence-electron chi connectivity index (χ0n) is 15.6. The third kappa shape index (κ3) is 4.36. The molecule has 3 nitrogen and oxygen atoms in total. The topological polar surface area (TPSA) is 34.1 Å². The van der Waals surface area contributed by atoms with Gasteiger partial charge in [-0.05, 0) is 71.9 Å². The summed E-state index contributed by atoms with van der Waals surface area (Å²) in [5, 5.41) is 9.66. The van der Waals surface area contributed by atoms with Crippen LogP contribution in [0.4, 0.5) is 0 Å². The van der Waals surface area contributed by atoms with Crippen LogP contribution in [0.1, 0.15) is 11.1 Å². The third-order valence-electron chi connectivity index (χ3n) is 4.71. The predicted molar refractivity (Wildman–Crippen MR) is 118 cm³/mol. The van der Waals surface area contributed by atoms with E-state index in [2.05, 4.69) is 40.3 Å². The Balaban J connectivity index is 1.55. The van der Waals surface area contributed by atoms with Gasteiger partial charge in [-0.25, -0.2) is 4.98 Å². The molecule has 0 radical (unpaired) electrons. The summed E-state index contributed by atoms with van der Waals surface area (Å²) in [5.74, 6) is 0.847. The fourth-order valence-electron chi connectivity index (χ4n) is 3.22. The second-order valence-electron chi connectivity index (χ2n) is 6.62. The van der Waals surface area contributed by atoms with Crippen LogP contribution in [-0.4, -0.2) is 18.6 Å². The predicted octanol–water partition coefficient (Wildman–Crippen LogP) is 5.96. The Kier molecular flexibility index (Phi) is 5.91. The van der Waals surface area contributed by atoms with E-state index in [1.54, 1.807) is 18.4 Å². The molecule has 0 bridgehead atoms. The molecule has 0 fully saturated rings. The summed E-state index contributed by atoms with van der Waals surface area (Å²) in [4.78, 5) is 4.94. The Morgan fingerprint density at radius 1 is 1.07 bits per heavy atom. The van der Waals surface area contributed by atoms with E-state index in [4.69, 9.17) is 21.3 Å². The summed E-state index contributed by atoms with van der Waals surface area (Å²) < 4.78 is 5.37. The average Bonchev–Trinajstić information content (AvgIpc) is 3.26. The number of rotatable bonds is 7. The summed E-state index contributed by atoms with van der Waals surface area (Å²) >= 11 is 7.65. The molecule has 0 atom stereocenters. The van der Waals surface area contributed by atoms with Crippen LogP contribution in [0, 0.1) is 0 Å². The molecule has 0 amide bonds. The normalized spacial score (nSPS) is 11.1. The van der Waals surface area contributed by atoms with E-state index >= 15 is 0 Å². The van der Waals surface area contributed by atoms with Gasteiger partial charge in [0.15, 0.2) is 0 Å². The van der Waals surface area contributed by atoms with E-state index in [1.165, 1.54) is 11.1 Å². The van der Waals surface area contributed by atoms with Gasteiger partial charge in [0, 0.05) is 27.9 Å². The van der Waals surface area contributed by atoms with Gasteiger partial charge in [0.2, 0.25) is 0 Å². The SMILES string of the molecule is COc1ccc2nc(-c3ccsc3)c(CNCCc3ccc(Cl)cc3)cc2c1. The number of fused-ring (bicyclic) bond motifs is 1. The number of ether oxygens (including phenoxy) is 1. The monoisotopic (exact) mass is 408 g/mol. The lowest BCUT2D eigenvalue weighted by Crippen LogP contribution is -2.17. The van der Waals surface area contributed by atoms with Crippen LogP contribution < -0.4 is 10.1 Å². The minimum absolute atomic E-state index is 0.763. The van der Waals surface area contributed by atoms with Crippen molar-refractivity contribution in [3.63, 3.8) is 0 Å². The van der Waals surface area contributed by atoms with Crippen LogP contribution in [0.5, 0.6) is 5.75 Å². The summed E-state index contributed by atoms with van der Waals surface area (Å²) in [5.41, 5.74) is 5.65. The van der Waals surface area contributed by atoms with Crippen molar-refractivity contribution >= 4 is 33.8 Å². The van der Waals surface area contributed by atoms with Crippen molar-refractivity contribution in [1.29, 1.82) is 0 Å². The maximum absolute atomic E-state index is 5.96. The highest BCUT2D eigenvalue weighted by atomic mass is 35.5. The van der Waals surface area contributed by atoms with E-state index < -0.39 is 0 Å². The van der Waals surface area contributed by atoms with Gasteiger partial charge in [0.1, 0.15) is 5.75 Å². The van der Waals surface area contributed by atoms with Gasteiger partial charge in [-0.2, -0.15) is 11.3 Å². The highest BCUT2D eigenvalue weighted by molar-refractivity contribution is 7.08. The molecule has 4 aromatic rings. The van der Waals surface area contributed by atoms with Crippen molar-refractivity contribution in [2.45, 2.75) is 13.0 Å². The largest absolute Gasteiger partial charge is 0.497 e. The summed E-state index contributed by atoms with van der Waals surface area (Å²) in [6.07, 6.45) is 0.958. The highest BCUT2D eigenvalue weighted by Crippen LogP contribution is 2.29. The lowest BCUT2D eigenvalue weighted by molar-refractivity contribution is 0.415. The van der Waals surface area contributed by atoms with Crippen LogP contribution in [-0.2, 0) is 13.0 Å². The Hall–Kier alpha value is -2.40. The third-order valence-corrected chi connectivity index (χ3v) is 5.65. The molecule has 0 saturated heterocycles. The molecular weight excluding hydrogens is 388 g/mol. The number of thiophene rings is 1. The summed E-state index contributed by atoms with van der Waals surface area (Å²) in [6.45, 7) is 1.65. The fourth-order valence-corrected chi connectivity index (χ4v) is 3.98. The first-order valence-corrected chi connectivity index (χ1v) is 10.5. The molecule has 0 aliphatic carbocycles. The Morgan fingerprint density at radius 3 is 2.68 bits per heavy atom. The number of hydrogen-bond donors (Lipinski definition) is 1. The summed E-state index contributed by atoms with van der Waals surface area (Å²) in [7, 11) is 1.69. The zero-order valence-corrected chi connectivity index (χ0v) is 17.2. The molecule has 2 aromatic carbocycles. The highest BCUT2D eigenvalue weighted by Gasteiger charge is 2.10. The number of pyridine rings is 1. The molecule has 142 valence electrons. The molecule has 4 rings (SSSR count). The molecular formula is C23H21ClN2OS. The quantitative estimate of drug-likeness (QED) is 0.383. The molecule has 0 aliphatic rings. The van der Waals surface area contributed by atoms with Crippen LogP contribution in [0.3, 0.4) is 0 Å². The van der Waals surface area contributed by atoms with Crippen molar-refractivity contribution in [3.8, 4) is 17.0 Å². The van der Waals surface area contributed by atoms with Crippen molar-refractivity contribution in [3.05, 3.63) is 81.5 Å². The van der Waals surface area contributed by atoms with Crippen LogP contribution >= 0.6 is 22.9 Å². The number of halogens is 1. The minimum atomic E-state index is 0.763. The molecule has 0 unspecified atom stereocenters. The minimum Gasteiger partial charge on any atom is -0.497 e. The standard InChI is InChI=1S/C23H21ClN2OS/c1-27-21-6-7-22-18(13-21)12-19(23(26-22)17-9-11-28-15-17)14-25-10-8-16-2-4-20(24)5-3-16/h2-7,9,11-13,15,25H,8,10,14H2,1H3. The van der Waals surface area contributed by atoms with E-state index in [0.29, 0.717) is 0 Å². The first kappa shape index (κ1) is 18.9. The molecule has 0 spiro atoms. The first-order chi connectivity index (χ1) is 13.7. The second kappa shape index (κ2) is 8.74. The van der Waals surface area contributed by atoms with Crippen molar-refractivity contribution in [1.82, 2.24) is 10.3 Å². The number of methoxy groups -OCH3 is 1. The van der Waals surface area contributed by atoms with E-state index in [1.807, 2.05) is 30.3 Å². The van der Waals surface area contributed by atoms with E-state index in [0.717, 1.165) is 52.4 Å². The Morgan fingerprint density at radius 2 is 1.93 bits per heavy atom. The number of nitrogens with one attached hydrogen (secondary N) is 1. The fraction of sp³-hybridized carbons (Fsp3) is 0.174. The van der Waals surface area contributed by atoms with E-state index in [9.17, 15) is 0 Å². The lowest BCUT2D eigenvalue weighted by Gasteiger charge is -2.12. The molecule has 0 aliphatic heterocycles. The first-order valence-electron chi connectivity index (χ1n) is 9.18. The molecule has 28 heavy (non-hydrogen) atoms. The maximum Gasteiger partial charge on any atom is 0.119 e. The summed E-state index contributed by atoms with van der Waals surface area (Å²) in [6, 6.07) is 18.4. The van der Waals surface area contributed by atoms with Gasteiger partial charge < -0.3 is 10.1 Å². The van der Waals surface area contributed by atoms with Crippen LogP contribution in [0.15, 0.2) is 65.4 Å². The maximum atomic E-state index is 5.96. The lowest BCUT2D eigenvalue weighted by atomic mass is 10.0. The van der Waals surface area contributed by atoms with Crippen molar-refractivity contribution in [2.24, 2.45) is 0 Å². The Bertz CT molecular complexity index is 1060. The molecule has 5 heteroatoms. The molecule has 1 N–H and O–H groups in total. The molecule has 2 aromatic heterocycles. The number of benzene rings is 2. The van der Waals surface area contributed by atoms with Crippen LogP contribution in [0.25, 0.3) is 22.2 Å². The smallest absolute Gasteiger partial charge is 0.119 e. The van der Waals surface area contributed by atoms with Gasteiger partial charge >= 0.3 is 0 Å². The van der Waals surface area contributed by atoms with Gasteiger partial charge in [0.25, 0.3) is 0 Å². The number of hydrogen-bond acceptors (Lipinski definition) is 4. The van der Waals surface area contributed by atoms with Crippen LogP contribution in [0.2, 0.25) is 5.02 Å². The van der Waals surface area contributed by atoms with Crippen molar-refractivity contribution < 1.29 is 4.74 Å².